The van der Waals surface area contributed by atoms with Crippen LogP contribution < -0.4 is 15.0 Å². The summed E-state index contributed by atoms with van der Waals surface area (Å²) < 4.78 is 45.9. The van der Waals surface area contributed by atoms with Crippen LogP contribution in [0.3, 0.4) is 0 Å². The Morgan fingerprint density at radius 3 is 2.62 bits per heavy atom. The summed E-state index contributed by atoms with van der Waals surface area (Å²) in [6, 6.07) is 13.5. The number of rotatable bonds is 7. The summed E-state index contributed by atoms with van der Waals surface area (Å²) in [5, 5.41) is 3.01. The standard InChI is InChI=1S/C26H32F3N3O2/c1-18(2)16-30-25(33)22-15-19-14-20(26(27,28)29)8-9-23(19)32-11-10-31(17-24(22)32)12-13-34-21-6-4-3-5-7-21/h3-9,14,18,22,24H,10-13,15-17H2,1-2H3,(H,30,33). The average molecular weight is 476 g/mol. The molecule has 1 N–H and O–H groups in total. The normalized spacial score (nSPS) is 20.6. The summed E-state index contributed by atoms with van der Waals surface area (Å²) >= 11 is 0. The molecular weight excluding hydrogens is 443 g/mol. The van der Waals surface area contributed by atoms with Crippen LogP contribution in [0.1, 0.15) is 25.0 Å². The molecule has 0 spiro atoms. The van der Waals surface area contributed by atoms with Gasteiger partial charge in [-0.2, -0.15) is 13.2 Å². The molecular formula is C26H32F3N3O2. The molecule has 34 heavy (non-hydrogen) atoms. The largest absolute Gasteiger partial charge is 0.492 e. The van der Waals surface area contributed by atoms with Gasteiger partial charge in [0.05, 0.1) is 17.5 Å². The number of amides is 1. The first kappa shape index (κ1) is 24.4. The number of para-hydroxylation sites is 1. The molecule has 2 aliphatic heterocycles. The fourth-order valence-electron chi connectivity index (χ4n) is 4.81. The van der Waals surface area contributed by atoms with E-state index in [2.05, 4.69) is 15.1 Å². The third-order valence-corrected chi connectivity index (χ3v) is 6.56. The van der Waals surface area contributed by atoms with Crippen molar-refractivity contribution in [2.75, 3.05) is 44.2 Å². The van der Waals surface area contributed by atoms with Crippen LogP contribution in [0.25, 0.3) is 0 Å². The second-order valence-electron chi connectivity index (χ2n) is 9.51. The molecule has 1 fully saturated rings. The van der Waals surface area contributed by atoms with Gasteiger partial charge in [0.2, 0.25) is 5.91 Å². The van der Waals surface area contributed by atoms with Crippen LogP contribution in [0.5, 0.6) is 5.75 Å². The number of piperazine rings is 1. The van der Waals surface area contributed by atoms with Crippen LogP contribution in [0.4, 0.5) is 18.9 Å². The number of hydrogen-bond donors (Lipinski definition) is 1. The van der Waals surface area contributed by atoms with Gasteiger partial charge >= 0.3 is 6.18 Å². The van der Waals surface area contributed by atoms with Crippen molar-refractivity contribution < 1.29 is 22.7 Å². The van der Waals surface area contributed by atoms with Gasteiger partial charge in [0, 0.05) is 38.4 Å². The first-order valence-corrected chi connectivity index (χ1v) is 11.9. The summed E-state index contributed by atoms with van der Waals surface area (Å²) in [4.78, 5) is 17.6. The molecule has 2 heterocycles. The van der Waals surface area contributed by atoms with E-state index >= 15 is 0 Å². The summed E-state index contributed by atoms with van der Waals surface area (Å²) in [6.07, 6.45) is -4.10. The Balaban J connectivity index is 1.50. The minimum absolute atomic E-state index is 0.0888. The van der Waals surface area contributed by atoms with Crippen molar-refractivity contribution in [2.45, 2.75) is 32.5 Å². The van der Waals surface area contributed by atoms with Gasteiger partial charge in [0.15, 0.2) is 0 Å². The first-order valence-electron chi connectivity index (χ1n) is 11.9. The van der Waals surface area contributed by atoms with E-state index in [0.29, 0.717) is 44.1 Å². The fraction of sp³-hybridized carbons (Fsp3) is 0.500. The summed E-state index contributed by atoms with van der Waals surface area (Å²) in [5.74, 6) is 0.617. The number of anilines is 1. The lowest BCUT2D eigenvalue weighted by molar-refractivity contribution is -0.137. The maximum Gasteiger partial charge on any atom is 0.416 e. The number of hydrogen-bond acceptors (Lipinski definition) is 4. The van der Waals surface area contributed by atoms with Crippen molar-refractivity contribution in [1.82, 2.24) is 10.2 Å². The zero-order valence-corrected chi connectivity index (χ0v) is 19.6. The minimum Gasteiger partial charge on any atom is -0.492 e. The predicted molar refractivity (Wildman–Crippen MR) is 126 cm³/mol. The number of ether oxygens (including phenoxy) is 1. The molecule has 0 bridgehead atoms. The van der Waals surface area contributed by atoms with Crippen molar-refractivity contribution in [3.8, 4) is 5.75 Å². The smallest absolute Gasteiger partial charge is 0.416 e. The highest BCUT2D eigenvalue weighted by atomic mass is 19.4. The topological polar surface area (TPSA) is 44.8 Å². The van der Waals surface area contributed by atoms with E-state index < -0.39 is 17.7 Å². The van der Waals surface area contributed by atoms with E-state index in [-0.39, 0.29) is 11.9 Å². The van der Waals surface area contributed by atoms with Crippen molar-refractivity contribution in [3.05, 3.63) is 59.7 Å². The Morgan fingerprint density at radius 2 is 1.91 bits per heavy atom. The number of alkyl halides is 3. The fourth-order valence-corrected chi connectivity index (χ4v) is 4.81. The van der Waals surface area contributed by atoms with E-state index in [1.165, 1.54) is 6.07 Å². The van der Waals surface area contributed by atoms with Gasteiger partial charge in [-0.25, -0.2) is 0 Å². The SMILES string of the molecule is CC(C)CNC(=O)C1Cc2cc(C(F)(F)F)ccc2N2CCN(CCOc3ccccc3)CC12. The Kier molecular flexibility index (Phi) is 7.36. The number of halogens is 3. The lowest BCUT2D eigenvalue weighted by Crippen LogP contribution is -2.61. The molecule has 1 saturated heterocycles. The van der Waals surface area contributed by atoms with Gasteiger partial charge < -0.3 is 15.0 Å². The monoisotopic (exact) mass is 475 g/mol. The molecule has 1 amide bonds. The average Bonchev–Trinajstić information content (AvgIpc) is 2.81. The number of carbonyl (C=O) groups is 1. The number of nitrogens with one attached hydrogen (secondary N) is 1. The van der Waals surface area contributed by atoms with Crippen LogP contribution in [0.2, 0.25) is 0 Å². The molecule has 2 atom stereocenters. The number of nitrogens with zero attached hydrogens (tertiary/aromatic N) is 2. The zero-order chi connectivity index (χ0) is 24.3. The first-order chi connectivity index (χ1) is 16.2. The third kappa shape index (κ3) is 5.66. The molecule has 184 valence electrons. The maximum absolute atomic E-state index is 13.3. The van der Waals surface area contributed by atoms with E-state index in [0.717, 1.165) is 30.6 Å². The number of carbonyl (C=O) groups excluding carboxylic acids is 1. The van der Waals surface area contributed by atoms with Crippen molar-refractivity contribution in [1.29, 1.82) is 0 Å². The Bertz CT molecular complexity index is 981. The van der Waals surface area contributed by atoms with Crippen molar-refractivity contribution in [2.24, 2.45) is 11.8 Å². The van der Waals surface area contributed by atoms with Crippen molar-refractivity contribution in [3.63, 3.8) is 0 Å². The highest BCUT2D eigenvalue weighted by Crippen LogP contribution is 2.39. The molecule has 2 unspecified atom stereocenters. The quantitative estimate of drug-likeness (QED) is 0.652. The highest BCUT2D eigenvalue weighted by molar-refractivity contribution is 5.82. The lowest BCUT2D eigenvalue weighted by atomic mass is 9.82. The zero-order valence-electron chi connectivity index (χ0n) is 19.6. The third-order valence-electron chi connectivity index (χ3n) is 6.56. The molecule has 2 aliphatic rings. The highest BCUT2D eigenvalue weighted by Gasteiger charge is 2.42. The Labute approximate surface area is 198 Å². The van der Waals surface area contributed by atoms with Crippen LogP contribution in [0, 0.1) is 11.8 Å². The molecule has 2 aromatic rings. The van der Waals surface area contributed by atoms with Gasteiger partial charge in [-0.15, -0.1) is 0 Å². The lowest BCUT2D eigenvalue weighted by Gasteiger charge is -2.49. The summed E-state index contributed by atoms with van der Waals surface area (Å²) in [7, 11) is 0. The molecule has 2 aromatic carbocycles. The Morgan fingerprint density at radius 1 is 1.15 bits per heavy atom. The molecule has 0 aromatic heterocycles. The van der Waals surface area contributed by atoms with E-state index in [9.17, 15) is 18.0 Å². The van der Waals surface area contributed by atoms with E-state index in [1.807, 2.05) is 44.2 Å². The maximum atomic E-state index is 13.3. The molecule has 4 rings (SSSR count). The van der Waals surface area contributed by atoms with E-state index in [1.54, 1.807) is 6.07 Å². The van der Waals surface area contributed by atoms with Crippen LogP contribution >= 0.6 is 0 Å². The van der Waals surface area contributed by atoms with Gasteiger partial charge in [0.25, 0.3) is 0 Å². The molecule has 5 nitrogen and oxygen atoms in total. The molecule has 0 saturated carbocycles. The van der Waals surface area contributed by atoms with Crippen LogP contribution in [0.15, 0.2) is 48.5 Å². The van der Waals surface area contributed by atoms with Gasteiger partial charge in [-0.1, -0.05) is 32.0 Å². The van der Waals surface area contributed by atoms with Gasteiger partial charge in [-0.3, -0.25) is 9.69 Å². The number of fused-ring (bicyclic) bond motifs is 3. The Hall–Kier alpha value is -2.74. The summed E-state index contributed by atoms with van der Waals surface area (Å²) in [5.41, 5.74) is 0.741. The number of benzene rings is 2. The molecule has 0 aliphatic carbocycles. The predicted octanol–water partition coefficient (Wildman–Crippen LogP) is 4.22. The molecule has 8 heteroatoms. The van der Waals surface area contributed by atoms with Gasteiger partial charge in [-0.05, 0) is 48.2 Å². The second-order valence-corrected chi connectivity index (χ2v) is 9.51. The van der Waals surface area contributed by atoms with Gasteiger partial charge in [0.1, 0.15) is 12.4 Å². The second kappa shape index (κ2) is 10.3. The summed E-state index contributed by atoms with van der Waals surface area (Å²) in [6.45, 7) is 7.93. The van der Waals surface area contributed by atoms with Crippen LogP contribution in [-0.2, 0) is 17.4 Å². The minimum atomic E-state index is -4.40. The van der Waals surface area contributed by atoms with E-state index in [4.69, 9.17) is 4.74 Å². The van der Waals surface area contributed by atoms with Crippen molar-refractivity contribution >= 4 is 11.6 Å². The molecule has 0 radical (unpaired) electrons. The van der Waals surface area contributed by atoms with Crippen LogP contribution in [-0.4, -0.2) is 56.2 Å².